The molecule has 1 aliphatic rings. The normalized spacial score (nSPS) is 16.0. The van der Waals surface area contributed by atoms with Crippen molar-refractivity contribution in [1.82, 2.24) is 15.2 Å². The van der Waals surface area contributed by atoms with Gasteiger partial charge in [0.05, 0.1) is 23.5 Å². The Morgan fingerprint density at radius 2 is 1.79 bits per heavy atom. The van der Waals surface area contributed by atoms with E-state index in [9.17, 15) is 22.4 Å². The molecule has 0 spiro atoms. The van der Waals surface area contributed by atoms with Crippen LogP contribution < -0.4 is 5.32 Å². The maximum atomic E-state index is 14.1. The monoisotopic (exact) mass is 472 g/mol. The SMILES string of the molecule is O=C1OC[C@@H](c2ccccc2)N1C(=[C]NC(=S)c1c(F)c(F)cc(F)c1F)c1cccnc1. The van der Waals surface area contributed by atoms with Gasteiger partial charge in [-0.3, -0.25) is 9.88 Å². The summed E-state index contributed by atoms with van der Waals surface area (Å²) in [5.74, 6) is -6.51. The molecule has 2 heterocycles. The molecule has 2 aromatic carbocycles. The van der Waals surface area contributed by atoms with Crippen LogP contribution in [0.4, 0.5) is 22.4 Å². The maximum Gasteiger partial charge on any atom is 0.415 e. The molecule has 1 amide bonds. The Bertz CT molecular complexity index is 1210. The highest BCUT2D eigenvalue weighted by Crippen LogP contribution is 2.34. The third-order valence-corrected chi connectivity index (χ3v) is 5.17. The fourth-order valence-corrected chi connectivity index (χ4v) is 3.54. The highest BCUT2D eigenvalue weighted by molar-refractivity contribution is 7.80. The number of rotatable bonds is 5. The molecule has 4 rings (SSSR count). The number of amides is 1. The van der Waals surface area contributed by atoms with Gasteiger partial charge in [-0.15, -0.1) is 0 Å². The van der Waals surface area contributed by atoms with Crippen LogP contribution in [0.25, 0.3) is 5.70 Å². The predicted octanol–water partition coefficient (Wildman–Crippen LogP) is 4.90. The number of hydrogen-bond acceptors (Lipinski definition) is 4. The molecule has 3 aromatic rings. The minimum atomic E-state index is -1.65. The average molecular weight is 472 g/mol. The fraction of sp³-hybridized carbons (Fsp3) is 0.0870. The highest BCUT2D eigenvalue weighted by Gasteiger charge is 2.37. The molecule has 0 aliphatic carbocycles. The molecule has 5 nitrogen and oxygen atoms in total. The summed E-state index contributed by atoms with van der Waals surface area (Å²) in [4.78, 5) is 17.3. The fourth-order valence-electron chi connectivity index (χ4n) is 3.31. The van der Waals surface area contributed by atoms with Gasteiger partial charge in [-0.25, -0.2) is 22.4 Å². The zero-order valence-electron chi connectivity index (χ0n) is 16.7. The Kier molecular flexibility index (Phi) is 6.36. The summed E-state index contributed by atoms with van der Waals surface area (Å²) in [5, 5.41) is 2.36. The van der Waals surface area contributed by atoms with E-state index < -0.39 is 46.0 Å². The van der Waals surface area contributed by atoms with Crippen molar-refractivity contribution in [1.29, 1.82) is 0 Å². The molecule has 1 saturated heterocycles. The number of cyclic esters (lactones) is 1. The van der Waals surface area contributed by atoms with Gasteiger partial charge in [0.15, 0.2) is 23.3 Å². The summed E-state index contributed by atoms with van der Waals surface area (Å²) < 4.78 is 60.7. The van der Waals surface area contributed by atoms with Crippen LogP contribution >= 0.6 is 12.2 Å². The first-order valence-corrected chi connectivity index (χ1v) is 9.97. The minimum absolute atomic E-state index is 0.0388. The Hall–Kier alpha value is -3.79. The van der Waals surface area contributed by atoms with Gasteiger partial charge in [0.25, 0.3) is 0 Å². The number of benzene rings is 2. The van der Waals surface area contributed by atoms with Gasteiger partial charge < -0.3 is 10.1 Å². The van der Waals surface area contributed by atoms with Gasteiger partial charge in [-0.1, -0.05) is 42.5 Å². The van der Waals surface area contributed by atoms with E-state index >= 15 is 0 Å². The van der Waals surface area contributed by atoms with Crippen LogP contribution in [0, 0.1) is 29.5 Å². The molecule has 0 saturated carbocycles. The van der Waals surface area contributed by atoms with Crippen molar-refractivity contribution in [2.45, 2.75) is 6.04 Å². The standard InChI is InChI=1S/C23H14F4N3O2S/c24-15-9-16(25)21(27)19(20(15)26)22(33)29-11-17(14-7-4-8-28-10-14)30-18(12-32-23(30)31)13-5-2-1-3-6-13/h1-10,18H,12H2,(H,29,33)/t18-/m0/s1. The van der Waals surface area contributed by atoms with Crippen molar-refractivity contribution in [3.63, 3.8) is 0 Å². The molecule has 167 valence electrons. The third-order valence-electron chi connectivity index (χ3n) is 4.87. The van der Waals surface area contributed by atoms with Gasteiger partial charge in [-0.05, 0) is 17.7 Å². The summed E-state index contributed by atoms with van der Waals surface area (Å²) in [7, 11) is 0. The third kappa shape index (κ3) is 4.42. The highest BCUT2D eigenvalue weighted by atomic mass is 32.1. The van der Waals surface area contributed by atoms with Crippen LogP contribution in [0.1, 0.15) is 22.7 Å². The van der Waals surface area contributed by atoms with Crippen LogP contribution in [0.2, 0.25) is 0 Å². The van der Waals surface area contributed by atoms with E-state index in [2.05, 4.69) is 16.5 Å². The van der Waals surface area contributed by atoms with E-state index in [1.807, 2.05) is 6.07 Å². The number of halogens is 4. The van der Waals surface area contributed by atoms with Crippen LogP contribution in [0.5, 0.6) is 0 Å². The Morgan fingerprint density at radius 3 is 2.42 bits per heavy atom. The molecule has 1 radical (unpaired) electrons. The summed E-state index contributed by atoms with van der Waals surface area (Å²) in [6.07, 6.45) is 4.88. The van der Waals surface area contributed by atoms with Crippen LogP contribution in [0.15, 0.2) is 60.9 Å². The molecule has 1 aromatic heterocycles. The number of carbonyl (C=O) groups excluding carboxylic acids is 1. The Morgan fingerprint density at radius 1 is 1.09 bits per heavy atom. The van der Waals surface area contributed by atoms with Crippen molar-refractivity contribution in [2.24, 2.45) is 0 Å². The lowest BCUT2D eigenvalue weighted by atomic mass is 10.1. The number of hydrogen-bond donors (Lipinski definition) is 1. The topological polar surface area (TPSA) is 54.5 Å². The molecule has 1 N–H and O–H groups in total. The number of nitrogens with one attached hydrogen (secondary N) is 1. The number of thiocarbonyl (C=S) groups is 1. The molecule has 1 aliphatic heterocycles. The zero-order valence-corrected chi connectivity index (χ0v) is 17.5. The van der Waals surface area contributed by atoms with Crippen molar-refractivity contribution >= 4 is 29.0 Å². The van der Waals surface area contributed by atoms with Gasteiger partial charge in [-0.2, -0.15) is 0 Å². The lowest BCUT2D eigenvalue weighted by Gasteiger charge is -2.24. The van der Waals surface area contributed by atoms with Gasteiger partial charge in [0.2, 0.25) is 0 Å². The summed E-state index contributed by atoms with van der Waals surface area (Å²) >= 11 is 4.96. The maximum absolute atomic E-state index is 14.1. The number of pyridine rings is 1. The van der Waals surface area contributed by atoms with E-state index in [0.29, 0.717) is 5.56 Å². The van der Waals surface area contributed by atoms with E-state index in [0.717, 1.165) is 5.56 Å². The van der Waals surface area contributed by atoms with Crippen LogP contribution in [0.3, 0.4) is 0 Å². The molecular formula is C23H14F4N3O2S. The van der Waals surface area contributed by atoms with E-state index in [1.165, 1.54) is 17.3 Å². The van der Waals surface area contributed by atoms with Crippen LogP contribution in [-0.2, 0) is 4.74 Å². The molecule has 0 unspecified atom stereocenters. The van der Waals surface area contributed by atoms with Crippen molar-refractivity contribution in [3.05, 3.63) is 107 Å². The lowest BCUT2D eigenvalue weighted by molar-refractivity contribution is 0.167. The summed E-state index contributed by atoms with van der Waals surface area (Å²) in [6.45, 7) is 0.0388. The van der Waals surface area contributed by atoms with Gasteiger partial charge >= 0.3 is 6.09 Å². The first-order valence-electron chi connectivity index (χ1n) is 9.56. The van der Waals surface area contributed by atoms with Crippen molar-refractivity contribution in [3.8, 4) is 0 Å². The number of carbonyl (C=O) groups is 1. The van der Waals surface area contributed by atoms with Gasteiger partial charge in [0.1, 0.15) is 11.6 Å². The smallest absolute Gasteiger partial charge is 0.415 e. The van der Waals surface area contributed by atoms with Gasteiger partial charge in [0, 0.05) is 24.0 Å². The zero-order chi connectivity index (χ0) is 23.5. The lowest BCUT2D eigenvalue weighted by Crippen LogP contribution is -2.29. The molecule has 0 bridgehead atoms. The van der Waals surface area contributed by atoms with Crippen molar-refractivity contribution in [2.75, 3.05) is 6.61 Å². The molecule has 10 heteroatoms. The van der Waals surface area contributed by atoms with E-state index in [-0.39, 0.29) is 18.4 Å². The first-order chi connectivity index (χ1) is 15.9. The first kappa shape index (κ1) is 22.4. The van der Waals surface area contributed by atoms with E-state index in [1.54, 1.807) is 36.4 Å². The molecule has 1 fully saturated rings. The van der Waals surface area contributed by atoms with Crippen molar-refractivity contribution < 1.29 is 27.1 Å². The number of aromatic nitrogens is 1. The predicted molar refractivity (Wildman–Crippen MR) is 114 cm³/mol. The molecular weight excluding hydrogens is 458 g/mol. The second-order valence-electron chi connectivity index (χ2n) is 6.89. The minimum Gasteiger partial charge on any atom is -0.447 e. The largest absolute Gasteiger partial charge is 0.447 e. The quantitative estimate of drug-likeness (QED) is 0.248. The molecule has 1 atom stereocenters. The number of ether oxygens (including phenoxy) is 1. The average Bonchev–Trinajstić information content (AvgIpc) is 3.20. The Labute approximate surface area is 191 Å². The summed E-state index contributed by atoms with van der Waals surface area (Å²) in [6, 6.07) is 11.8. The van der Waals surface area contributed by atoms with E-state index in [4.69, 9.17) is 17.0 Å². The second-order valence-corrected chi connectivity index (χ2v) is 7.29. The Balaban J connectivity index is 1.75. The van der Waals surface area contributed by atoms with Crippen LogP contribution in [-0.4, -0.2) is 27.6 Å². The molecule has 33 heavy (non-hydrogen) atoms. The number of nitrogens with zero attached hydrogens (tertiary/aromatic N) is 2. The summed E-state index contributed by atoms with van der Waals surface area (Å²) in [5.41, 5.74) is 0.168. The second kappa shape index (κ2) is 9.37.